The van der Waals surface area contributed by atoms with E-state index in [1.165, 1.54) is 17.8 Å². The summed E-state index contributed by atoms with van der Waals surface area (Å²) in [7, 11) is 3.15. The normalized spacial score (nSPS) is 10.7. The Labute approximate surface area is 138 Å². The molecule has 1 amide bonds. The molecule has 1 aromatic carbocycles. The van der Waals surface area contributed by atoms with Gasteiger partial charge in [0.25, 0.3) is 5.91 Å². The van der Waals surface area contributed by atoms with Gasteiger partial charge in [-0.3, -0.25) is 10.1 Å². The predicted molar refractivity (Wildman–Crippen MR) is 90.0 cm³/mol. The van der Waals surface area contributed by atoms with Crippen LogP contribution < -0.4 is 14.8 Å². The number of aromatic amines is 1. The van der Waals surface area contributed by atoms with Gasteiger partial charge in [-0.1, -0.05) is 18.7 Å². The minimum absolute atomic E-state index is 0.313. The maximum absolute atomic E-state index is 11.9. The van der Waals surface area contributed by atoms with Gasteiger partial charge in [0.05, 0.1) is 14.2 Å². The van der Waals surface area contributed by atoms with Gasteiger partial charge in [-0.15, -0.1) is 5.10 Å². The van der Waals surface area contributed by atoms with Crippen LogP contribution in [0.25, 0.3) is 6.08 Å². The monoisotopic (exact) mass is 334 g/mol. The number of carbonyl (C=O) groups is 1. The van der Waals surface area contributed by atoms with E-state index in [9.17, 15) is 4.79 Å². The van der Waals surface area contributed by atoms with E-state index in [0.29, 0.717) is 22.6 Å². The van der Waals surface area contributed by atoms with Gasteiger partial charge in [-0.05, 0) is 24.0 Å². The Bertz CT molecular complexity index is 700. The SMILES string of the molecule is CCSc1n[nH]c(NC(=O)/C=C/c2ccc(OC)cc2OC)n1. The summed E-state index contributed by atoms with van der Waals surface area (Å²) < 4.78 is 10.4. The molecular weight excluding hydrogens is 316 g/mol. The van der Waals surface area contributed by atoms with E-state index in [0.717, 1.165) is 11.3 Å². The summed E-state index contributed by atoms with van der Waals surface area (Å²) in [6.45, 7) is 2.00. The van der Waals surface area contributed by atoms with Crippen LogP contribution in [0.5, 0.6) is 11.5 Å². The number of anilines is 1. The minimum atomic E-state index is -0.313. The number of hydrogen-bond donors (Lipinski definition) is 2. The number of ether oxygens (including phenoxy) is 2. The fraction of sp³-hybridized carbons (Fsp3) is 0.267. The maximum atomic E-state index is 11.9. The molecule has 0 fully saturated rings. The summed E-state index contributed by atoms with van der Waals surface area (Å²) in [6, 6.07) is 5.36. The van der Waals surface area contributed by atoms with Crippen molar-refractivity contribution >= 4 is 29.7 Å². The summed E-state index contributed by atoms with van der Waals surface area (Å²) in [5.41, 5.74) is 0.767. The van der Waals surface area contributed by atoms with E-state index in [4.69, 9.17) is 9.47 Å². The van der Waals surface area contributed by atoms with Crippen LogP contribution in [0.4, 0.5) is 5.95 Å². The first-order chi connectivity index (χ1) is 11.2. The lowest BCUT2D eigenvalue weighted by Gasteiger charge is -2.07. The number of amides is 1. The van der Waals surface area contributed by atoms with Gasteiger partial charge in [0.1, 0.15) is 11.5 Å². The lowest BCUT2D eigenvalue weighted by molar-refractivity contribution is -0.111. The molecule has 1 aromatic heterocycles. The molecule has 2 rings (SSSR count). The van der Waals surface area contributed by atoms with Crippen molar-refractivity contribution in [2.75, 3.05) is 25.3 Å². The van der Waals surface area contributed by atoms with E-state index >= 15 is 0 Å². The highest BCUT2D eigenvalue weighted by molar-refractivity contribution is 7.99. The van der Waals surface area contributed by atoms with Crippen LogP contribution in [-0.2, 0) is 4.79 Å². The van der Waals surface area contributed by atoms with Crippen LogP contribution in [0.1, 0.15) is 12.5 Å². The zero-order valence-corrected chi connectivity index (χ0v) is 13.9. The molecule has 0 radical (unpaired) electrons. The second kappa shape index (κ2) is 8.23. The van der Waals surface area contributed by atoms with Crippen LogP contribution in [0.2, 0.25) is 0 Å². The van der Waals surface area contributed by atoms with Crippen LogP contribution in [0.15, 0.2) is 29.4 Å². The first-order valence-electron chi connectivity index (χ1n) is 6.92. The van der Waals surface area contributed by atoms with E-state index in [1.54, 1.807) is 32.4 Å². The number of methoxy groups -OCH3 is 2. The van der Waals surface area contributed by atoms with Crippen molar-refractivity contribution in [3.05, 3.63) is 29.8 Å². The second-order valence-corrected chi connectivity index (χ2v) is 5.56. The fourth-order valence-corrected chi connectivity index (χ4v) is 2.30. The molecule has 2 aromatic rings. The van der Waals surface area contributed by atoms with Gasteiger partial charge >= 0.3 is 0 Å². The molecule has 8 heteroatoms. The Morgan fingerprint density at radius 2 is 2.22 bits per heavy atom. The summed E-state index contributed by atoms with van der Waals surface area (Å²) in [4.78, 5) is 16.1. The van der Waals surface area contributed by atoms with E-state index < -0.39 is 0 Å². The molecule has 2 N–H and O–H groups in total. The van der Waals surface area contributed by atoms with Gasteiger partial charge in [0.2, 0.25) is 11.1 Å². The molecule has 1 heterocycles. The summed E-state index contributed by atoms with van der Waals surface area (Å²) in [5.74, 6) is 2.17. The lowest BCUT2D eigenvalue weighted by Crippen LogP contribution is -2.09. The number of H-pyrrole nitrogens is 1. The molecule has 7 nitrogen and oxygen atoms in total. The van der Waals surface area contributed by atoms with Gasteiger partial charge in [-0.25, -0.2) is 5.10 Å². The van der Waals surface area contributed by atoms with Gasteiger partial charge < -0.3 is 9.47 Å². The quantitative estimate of drug-likeness (QED) is 0.597. The van der Waals surface area contributed by atoms with Crippen LogP contribution in [-0.4, -0.2) is 41.1 Å². The number of rotatable bonds is 7. The predicted octanol–water partition coefficient (Wildman–Crippen LogP) is 2.59. The Morgan fingerprint density at radius 1 is 1.39 bits per heavy atom. The van der Waals surface area contributed by atoms with Crippen molar-refractivity contribution in [2.45, 2.75) is 12.1 Å². The van der Waals surface area contributed by atoms with Crippen LogP contribution in [0.3, 0.4) is 0 Å². The standard InChI is InChI=1S/C15H18N4O3S/c1-4-23-15-17-14(18-19-15)16-13(20)8-6-10-5-7-11(21-2)9-12(10)22-3/h5-9H,4H2,1-3H3,(H2,16,17,18,19,20)/b8-6+. The molecular formula is C15H18N4O3S. The minimum Gasteiger partial charge on any atom is -0.497 e. The zero-order valence-electron chi connectivity index (χ0n) is 13.1. The third-order valence-corrected chi connectivity index (χ3v) is 3.56. The Morgan fingerprint density at radius 3 is 2.91 bits per heavy atom. The highest BCUT2D eigenvalue weighted by Gasteiger charge is 2.06. The summed E-state index contributed by atoms with van der Waals surface area (Å²) in [6.07, 6.45) is 3.06. The van der Waals surface area contributed by atoms with Gasteiger partial charge in [-0.2, -0.15) is 4.98 Å². The van der Waals surface area contributed by atoms with Crippen molar-refractivity contribution in [3.63, 3.8) is 0 Å². The zero-order chi connectivity index (χ0) is 16.7. The molecule has 0 spiro atoms. The molecule has 0 saturated heterocycles. The van der Waals surface area contributed by atoms with Crippen molar-refractivity contribution in [1.82, 2.24) is 15.2 Å². The highest BCUT2D eigenvalue weighted by atomic mass is 32.2. The number of hydrogen-bond acceptors (Lipinski definition) is 6. The number of benzene rings is 1. The first-order valence-corrected chi connectivity index (χ1v) is 7.91. The highest BCUT2D eigenvalue weighted by Crippen LogP contribution is 2.25. The third-order valence-electron chi connectivity index (χ3n) is 2.83. The van der Waals surface area contributed by atoms with Gasteiger partial charge in [0, 0.05) is 17.7 Å². The number of aromatic nitrogens is 3. The number of carbonyl (C=O) groups excluding carboxylic acids is 1. The second-order valence-electron chi connectivity index (χ2n) is 4.33. The van der Waals surface area contributed by atoms with Crippen LogP contribution >= 0.6 is 11.8 Å². The van der Waals surface area contributed by atoms with E-state index in [-0.39, 0.29) is 5.91 Å². The Balaban J connectivity index is 2.02. The third kappa shape index (κ3) is 4.75. The van der Waals surface area contributed by atoms with Gasteiger partial charge in [0.15, 0.2) is 0 Å². The molecule has 0 aliphatic heterocycles. The molecule has 0 unspecified atom stereocenters. The van der Waals surface area contributed by atoms with Crippen molar-refractivity contribution < 1.29 is 14.3 Å². The van der Waals surface area contributed by atoms with E-state index in [2.05, 4.69) is 20.5 Å². The average Bonchev–Trinajstić information content (AvgIpc) is 3.00. The first kappa shape index (κ1) is 16.9. The number of nitrogens with zero attached hydrogens (tertiary/aromatic N) is 2. The molecule has 23 heavy (non-hydrogen) atoms. The topological polar surface area (TPSA) is 89.1 Å². The molecule has 0 bridgehead atoms. The smallest absolute Gasteiger partial charge is 0.250 e. The van der Waals surface area contributed by atoms with Crippen molar-refractivity contribution in [2.24, 2.45) is 0 Å². The molecule has 0 saturated carbocycles. The Hall–Kier alpha value is -2.48. The Kier molecular flexibility index (Phi) is 6.04. The van der Waals surface area contributed by atoms with Crippen molar-refractivity contribution in [1.29, 1.82) is 0 Å². The molecule has 122 valence electrons. The molecule has 0 atom stereocenters. The van der Waals surface area contributed by atoms with E-state index in [1.807, 2.05) is 13.0 Å². The fourth-order valence-electron chi connectivity index (χ4n) is 1.78. The maximum Gasteiger partial charge on any atom is 0.250 e. The summed E-state index contributed by atoms with van der Waals surface area (Å²) in [5, 5.41) is 9.86. The molecule has 0 aliphatic rings. The number of thioether (sulfide) groups is 1. The largest absolute Gasteiger partial charge is 0.497 e. The van der Waals surface area contributed by atoms with Crippen LogP contribution in [0, 0.1) is 0 Å². The number of nitrogens with one attached hydrogen (secondary N) is 2. The average molecular weight is 334 g/mol. The summed E-state index contributed by atoms with van der Waals surface area (Å²) >= 11 is 1.49. The van der Waals surface area contributed by atoms with Crippen molar-refractivity contribution in [3.8, 4) is 11.5 Å². The lowest BCUT2D eigenvalue weighted by atomic mass is 10.1. The molecule has 0 aliphatic carbocycles.